The number of aliphatic hydroxyl groups is 1. The lowest BCUT2D eigenvalue weighted by Gasteiger charge is -2.09. The average molecular weight is 172 g/mol. The Bertz CT molecular complexity index is 169. The molecule has 0 fully saturated rings. The number of carbonyl (C=O) groups excluding carboxylic acids is 1. The number of esters is 1. The summed E-state index contributed by atoms with van der Waals surface area (Å²) in [6.45, 7) is 5.04. The van der Waals surface area contributed by atoms with Crippen LogP contribution < -0.4 is 0 Å². The van der Waals surface area contributed by atoms with E-state index in [1.54, 1.807) is 6.92 Å². The number of aliphatic hydroxyl groups excluding tert-OH is 1. The van der Waals surface area contributed by atoms with Crippen molar-refractivity contribution in [2.45, 2.75) is 13.0 Å². The normalized spacial score (nSPS) is 12.2. The average Bonchev–Trinajstić information content (AvgIpc) is 2.00. The molecule has 5 heteroatoms. The van der Waals surface area contributed by atoms with Crippen molar-refractivity contribution in [2.75, 3.05) is 13.2 Å². The van der Waals surface area contributed by atoms with Gasteiger partial charge in [-0.25, -0.2) is 4.79 Å². The van der Waals surface area contributed by atoms with Crippen molar-refractivity contribution in [1.29, 1.82) is 0 Å². The predicted molar refractivity (Wildman–Crippen MR) is 46.3 cm³/mol. The van der Waals surface area contributed by atoms with Gasteiger partial charge in [-0.05, 0) is 6.92 Å². The number of hydrogen-bond acceptors (Lipinski definition) is 4. The second kappa shape index (κ2) is 5.80. The summed E-state index contributed by atoms with van der Waals surface area (Å²) in [6.07, 6.45) is -0.765. The van der Waals surface area contributed by atoms with Crippen molar-refractivity contribution in [3.05, 3.63) is 12.2 Å². The first-order chi connectivity index (χ1) is 5.57. The van der Waals surface area contributed by atoms with Crippen LogP contribution in [0.15, 0.2) is 12.2 Å². The highest BCUT2D eigenvalue weighted by molar-refractivity contribution is 5.97. The molecular weight excluding hydrogens is 159 g/mol. The van der Waals surface area contributed by atoms with E-state index in [2.05, 4.69) is 16.0 Å². The molecule has 0 aliphatic rings. The molecule has 0 aliphatic heterocycles. The van der Waals surface area contributed by atoms with E-state index in [-0.39, 0.29) is 13.2 Å². The van der Waals surface area contributed by atoms with Crippen molar-refractivity contribution in [3.8, 4) is 0 Å². The standard InChI is InChI=1S/C7H13BO4/c1-5(2)7(10)11-3-6(9)4-12-8/h6,9H,1,3-4,8H2,2H3. The molecule has 68 valence electrons. The van der Waals surface area contributed by atoms with Gasteiger partial charge in [-0.3, -0.25) is 0 Å². The summed E-state index contributed by atoms with van der Waals surface area (Å²) in [4.78, 5) is 10.8. The van der Waals surface area contributed by atoms with Gasteiger partial charge in [0.1, 0.15) is 12.7 Å². The van der Waals surface area contributed by atoms with Gasteiger partial charge < -0.3 is 14.5 Å². The van der Waals surface area contributed by atoms with E-state index in [1.807, 2.05) is 0 Å². The maximum Gasteiger partial charge on any atom is 0.333 e. The molecule has 1 unspecified atom stereocenters. The van der Waals surface area contributed by atoms with Crippen LogP contribution in [0.2, 0.25) is 0 Å². The van der Waals surface area contributed by atoms with Gasteiger partial charge in [0, 0.05) is 5.57 Å². The topological polar surface area (TPSA) is 55.8 Å². The van der Waals surface area contributed by atoms with Gasteiger partial charge in [0.25, 0.3) is 8.05 Å². The molecule has 0 aliphatic carbocycles. The molecule has 0 aromatic heterocycles. The molecule has 1 N–H and O–H groups in total. The van der Waals surface area contributed by atoms with Gasteiger partial charge in [0.2, 0.25) is 0 Å². The Morgan fingerprint density at radius 1 is 1.67 bits per heavy atom. The fraction of sp³-hybridized carbons (Fsp3) is 0.571. The lowest BCUT2D eigenvalue weighted by Crippen LogP contribution is -2.23. The molecule has 0 rings (SSSR count). The monoisotopic (exact) mass is 172 g/mol. The molecule has 0 heterocycles. The summed E-state index contributed by atoms with van der Waals surface area (Å²) >= 11 is 0. The zero-order valence-electron chi connectivity index (χ0n) is 7.37. The van der Waals surface area contributed by atoms with Gasteiger partial charge in [0.15, 0.2) is 0 Å². The highest BCUT2D eigenvalue weighted by Crippen LogP contribution is 1.93. The van der Waals surface area contributed by atoms with Gasteiger partial charge >= 0.3 is 5.97 Å². The molecule has 12 heavy (non-hydrogen) atoms. The minimum atomic E-state index is -0.765. The Morgan fingerprint density at radius 2 is 2.25 bits per heavy atom. The van der Waals surface area contributed by atoms with E-state index in [0.717, 1.165) is 0 Å². The van der Waals surface area contributed by atoms with E-state index in [1.165, 1.54) is 8.05 Å². The molecule has 0 radical (unpaired) electrons. The highest BCUT2D eigenvalue weighted by atomic mass is 16.5. The van der Waals surface area contributed by atoms with Crippen LogP contribution in [0.4, 0.5) is 0 Å². The Labute approximate surface area is 72.6 Å². The minimum absolute atomic E-state index is 0.0560. The third-order valence-electron chi connectivity index (χ3n) is 1.11. The third-order valence-corrected chi connectivity index (χ3v) is 1.11. The van der Waals surface area contributed by atoms with E-state index in [4.69, 9.17) is 5.11 Å². The van der Waals surface area contributed by atoms with Crippen molar-refractivity contribution >= 4 is 14.0 Å². The van der Waals surface area contributed by atoms with Gasteiger partial charge in [-0.1, -0.05) is 6.58 Å². The zero-order valence-corrected chi connectivity index (χ0v) is 7.37. The van der Waals surface area contributed by atoms with Gasteiger partial charge in [-0.15, -0.1) is 0 Å². The van der Waals surface area contributed by atoms with E-state index < -0.39 is 12.1 Å². The molecule has 0 spiro atoms. The first-order valence-corrected chi connectivity index (χ1v) is 3.57. The maximum atomic E-state index is 10.8. The SMILES string of the molecule is BOCC(O)COC(=O)C(=C)C. The van der Waals surface area contributed by atoms with E-state index >= 15 is 0 Å². The second-order valence-electron chi connectivity index (χ2n) is 2.49. The molecule has 0 amide bonds. The summed E-state index contributed by atoms with van der Waals surface area (Å²) in [5.74, 6) is -0.495. The summed E-state index contributed by atoms with van der Waals surface area (Å²) in [6, 6.07) is 0. The van der Waals surface area contributed by atoms with Crippen LogP contribution in [0, 0.1) is 0 Å². The molecular formula is C7H13BO4. The first-order valence-electron chi connectivity index (χ1n) is 3.57. The van der Waals surface area contributed by atoms with Crippen LogP contribution in [0.5, 0.6) is 0 Å². The fourth-order valence-electron chi connectivity index (χ4n) is 0.536. The molecule has 0 aromatic carbocycles. The number of carbonyl (C=O) groups is 1. The van der Waals surface area contributed by atoms with Crippen molar-refractivity contribution < 1.29 is 19.3 Å². The maximum absolute atomic E-state index is 10.8. The third kappa shape index (κ3) is 4.93. The number of rotatable bonds is 5. The molecule has 0 saturated heterocycles. The summed E-state index contributed by atoms with van der Waals surface area (Å²) in [5, 5.41) is 9.05. The van der Waals surface area contributed by atoms with E-state index in [0.29, 0.717) is 5.57 Å². The smallest absolute Gasteiger partial charge is 0.333 e. The number of ether oxygens (including phenoxy) is 1. The van der Waals surface area contributed by atoms with Crippen LogP contribution in [0.1, 0.15) is 6.92 Å². The minimum Gasteiger partial charge on any atom is -0.460 e. The van der Waals surface area contributed by atoms with Crippen LogP contribution >= 0.6 is 0 Å². The van der Waals surface area contributed by atoms with Crippen LogP contribution in [0.25, 0.3) is 0 Å². The van der Waals surface area contributed by atoms with Crippen molar-refractivity contribution in [1.82, 2.24) is 0 Å². The zero-order chi connectivity index (χ0) is 9.56. The second-order valence-corrected chi connectivity index (χ2v) is 2.49. The van der Waals surface area contributed by atoms with Gasteiger partial charge in [-0.2, -0.15) is 0 Å². The molecule has 0 saturated carbocycles. The van der Waals surface area contributed by atoms with Gasteiger partial charge in [0.05, 0.1) is 6.61 Å². The lowest BCUT2D eigenvalue weighted by molar-refractivity contribution is -0.142. The van der Waals surface area contributed by atoms with Crippen LogP contribution in [-0.2, 0) is 14.2 Å². The molecule has 4 nitrogen and oxygen atoms in total. The van der Waals surface area contributed by atoms with Crippen LogP contribution in [0.3, 0.4) is 0 Å². The Balaban J connectivity index is 3.54. The predicted octanol–water partition coefficient (Wildman–Crippen LogP) is -0.969. The summed E-state index contributed by atoms with van der Waals surface area (Å²) < 4.78 is 9.28. The van der Waals surface area contributed by atoms with E-state index in [9.17, 15) is 4.79 Å². The van der Waals surface area contributed by atoms with Crippen molar-refractivity contribution in [2.24, 2.45) is 0 Å². The quantitative estimate of drug-likeness (QED) is 0.329. The Morgan fingerprint density at radius 3 is 2.67 bits per heavy atom. The molecule has 1 atom stereocenters. The highest BCUT2D eigenvalue weighted by Gasteiger charge is 2.07. The Kier molecular flexibility index (Phi) is 5.41. The molecule has 0 aromatic rings. The largest absolute Gasteiger partial charge is 0.460 e. The van der Waals surface area contributed by atoms with Crippen LogP contribution in [-0.4, -0.2) is 38.4 Å². The number of hydrogen-bond donors (Lipinski definition) is 1. The summed E-state index contributed by atoms with van der Waals surface area (Å²) in [5.41, 5.74) is 0.319. The summed E-state index contributed by atoms with van der Waals surface area (Å²) in [7, 11) is 1.46. The van der Waals surface area contributed by atoms with Crippen molar-refractivity contribution in [3.63, 3.8) is 0 Å². The molecule has 0 bridgehead atoms. The lowest BCUT2D eigenvalue weighted by atomic mass is 10.3. The first kappa shape index (κ1) is 11.2. The fourth-order valence-corrected chi connectivity index (χ4v) is 0.536. The Hall–Kier alpha value is -0.805.